The van der Waals surface area contributed by atoms with Crippen LogP contribution in [0.2, 0.25) is 0 Å². The first-order valence-corrected chi connectivity index (χ1v) is 13.2. The van der Waals surface area contributed by atoms with Crippen LogP contribution >= 0.6 is 0 Å². The fraction of sp³-hybridized carbons (Fsp3) is 0.323. The van der Waals surface area contributed by atoms with Crippen molar-refractivity contribution in [3.05, 3.63) is 82.0 Å². The lowest BCUT2D eigenvalue weighted by Crippen LogP contribution is -2.40. The van der Waals surface area contributed by atoms with Crippen LogP contribution in [0.4, 0.5) is 11.4 Å². The minimum absolute atomic E-state index is 0.366. The van der Waals surface area contributed by atoms with Gasteiger partial charge in [0.05, 0.1) is 50.6 Å². The topological polar surface area (TPSA) is 55.1 Å². The number of nitrogens with one attached hydrogen (secondary N) is 1. The Kier molecular flexibility index (Phi) is 6.14. The molecule has 1 fully saturated rings. The molecule has 3 aliphatic carbocycles. The second-order valence-corrected chi connectivity index (χ2v) is 10.1. The summed E-state index contributed by atoms with van der Waals surface area (Å²) in [7, 11) is 0. The summed E-state index contributed by atoms with van der Waals surface area (Å²) in [6, 6.07) is 17.6. The van der Waals surface area contributed by atoms with Gasteiger partial charge in [-0.1, -0.05) is 49.1 Å². The largest absolute Gasteiger partial charge is 0.352 e. The molecule has 0 saturated heterocycles. The van der Waals surface area contributed by atoms with Crippen molar-refractivity contribution in [1.29, 1.82) is 0 Å². The zero-order valence-corrected chi connectivity index (χ0v) is 21.2. The zero-order valence-electron chi connectivity index (χ0n) is 21.2. The first-order valence-electron chi connectivity index (χ1n) is 13.2. The first kappa shape index (κ1) is 22.7. The number of aryl methyl sites for hydroxylation is 2. The number of hydrogen-bond acceptors (Lipinski definition) is 4. The monoisotopic (exact) mass is 475 g/mol. The highest BCUT2D eigenvalue weighted by Crippen LogP contribution is 2.26. The van der Waals surface area contributed by atoms with Crippen LogP contribution in [0.1, 0.15) is 56.2 Å². The third kappa shape index (κ3) is 4.46. The molecule has 0 atom stereocenters. The van der Waals surface area contributed by atoms with Crippen molar-refractivity contribution < 1.29 is 0 Å². The third-order valence-electron chi connectivity index (χ3n) is 7.38. The molecule has 1 N–H and O–H groups in total. The van der Waals surface area contributed by atoms with Gasteiger partial charge >= 0.3 is 0 Å². The number of rotatable bonds is 4. The average molecular weight is 476 g/mol. The van der Waals surface area contributed by atoms with Crippen LogP contribution in [-0.2, 0) is 0 Å². The molecule has 2 heterocycles. The van der Waals surface area contributed by atoms with E-state index in [-0.39, 0.29) is 0 Å². The molecule has 0 amide bonds. The van der Waals surface area contributed by atoms with E-state index < -0.39 is 0 Å². The van der Waals surface area contributed by atoms with E-state index in [9.17, 15) is 0 Å². The van der Waals surface area contributed by atoms with Crippen molar-refractivity contribution in [1.82, 2.24) is 14.5 Å². The van der Waals surface area contributed by atoms with E-state index in [4.69, 9.17) is 9.98 Å². The third-order valence-corrected chi connectivity index (χ3v) is 7.38. The van der Waals surface area contributed by atoms with Gasteiger partial charge in [0.2, 0.25) is 0 Å². The standard InChI is InChI=1S/C31H33N5/c1-21-14-16-24(17-15-21)36-30-13-7-6-11-26(30)35-29-19-27(34-25-12-8-18-32-22(25)2)28(20-31(29)36)33-23-9-4-3-5-10-23/h8,11-20,23,34H,3-7,9-10H2,1-2H3. The Bertz CT molecular complexity index is 1560. The van der Waals surface area contributed by atoms with Crippen molar-refractivity contribution in [3.63, 3.8) is 0 Å². The van der Waals surface area contributed by atoms with Crippen molar-refractivity contribution in [2.75, 3.05) is 5.32 Å². The molecule has 0 radical (unpaired) electrons. The minimum atomic E-state index is 0.366. The maximum absolute atomic E-state index is 5.31. The molecule has 0 spiro atoms. The number of nitrogens with zero attached hydrogens (tertiary/aromatic N) is 4. The summed E-state index contributed by atoms with van der Waals surface area (Å²) in [5.41, 5.74) is 7.43. The van der Waals surface area contributed by atoms with E-state index in [1.165, 1.54) is 30.2 Å². The van der Waals surface area contributed by atoms with E-state index >= 15 is 0 Å². The lowest BCUT2D eigenvalue weighted by molar-refractivity contribution is 0.437. The van der Waals surface area contributed by atoms with Gasteiger partial charge in [0.25, 0.3) is 0 Å². The van der Waals surface area contributed by atoms with E-state index in [0.717, 1.165) is 70.5 Å². The predicted octanol–water partition coefficient (Wildman–Crippen LogP) is 5.32. The fourth-order valence-electron chi connectivity index (χ4n) is 5.40. The molecule has 5 nitrogen and oxygen atoms in total. The van der Waals surface area contributed by atoms with Gasteiger partial charge in [0, 0.05) is 11.9 Å². The zero-order chi connectivity index (χ0) is 24.5. The van der Waals surface area contributed by atoms with Crippen LogP contribution < -0.4 is 21.4 Å². The number of benzene rings is 2. The highest BCUT2D eigenvalue weighted by molar-refractivity contribution is 5.71. The average Bonchev–Trinajstić information content (AvgIpc) is 2.90. The van der Waals surface area contributed by atoms with Gasteiger partial charge in [0.1, 0.15) is 0 Å². The van der Waals surface area contributed by atoms with E-state index in [0.29, 0.717) is 6.04 Å². The fourth-order valence-corrected chi connectivity index (χ4v) is 5.40. The number of aromatic nitrogens is 3. The van der Waals surface area contributed by atoms with Crippen LogP contribution in [0.25, 0.3) is 29.2 Å². The summed E-state index contributed by atoms with van der Waals surface area (Å²) in [4.78, 5) is 14.9. The molecular formula is C31H33N5. The molecular weight excluding hydrogens is 442 g/mol. The van der Waals surface area contributed by atoms with Gasteiger partial charge in [-0.2, -0.15) is 0 Å². The second-order valence-electron chi connectivity index (χ2n) is 10.1. The van der Waals surface area contributed by atoms with Gasteiger partial charge in [-0.05, 0) is 75.9 Å². The molecule has 1 aromatic heterocycles. The highest BCUT2D eigenvalue weighted by atomic mass is 15.0. The van der Waals surface area contributed by atoms with Crippen molar-refractivity contribution in [2.24, 2.45) is 4.99 Å². The maximum Gasteiger partial charge on any atom is 0.0900 e. The van der Waals surface area contributed by atoms with Crippen LogP contribution in [0.3, 0.4) is 0 Å². The Morgan fingerprint density at radius 1 is 0.917 bits per heavy atom. The Hall–Kier alpha value is -3.73. The number of pyridine rings is 1. The quantitative estimate of drug-likeness (QED) is 0.435. The van der Waals surface area contributed by atoms with Crippen LogP contribution in [0, 0.1) is 13.8 Å². The smallest absolute Gasteiger partial charge is 0.0900 e. The minimum Gasteiger partial charge on any atom is -0.352 e. The van der Waals surface area contributed by atoms with Gasteiger partial charge in [0.15, 0.2) is 0 Å². The summed E-state index contributed by atoms with van der Waals surface area (Å²) < 4.78 is 2.37. The van der Waals surface area contributed by atoms with Crippen LogP contribution in [-0.4, -0.2) is 20.6 Å². The molecule has 1 aliphatic heterocycles. The second kappa shape index (κ2) is 9.73. The number of fused-ring (bicyclic) bond motifs is 2. The molecule has 0 bridgehead atoms. The van der Waals surface area contributed by atoms with E-state index in [2.05, 4.69) is 76.4 Å². The maximum atomic E-state index is 5.31. The Morgan fingerprint density at radius 2 is 1.72 bits per heavy atom. The van der Waals surface area contributed by atoms with Crippen LogP contribution in [0.15, 0.2) is 59.7 Å². The summed E-state index contributed by atoms with van der Waals surface area (Å²) in [6.07, 6.45) is 14.6. The molecule has 2 aromatic rings. The predicted molar refractivity (Wildman–Crippen MR) is 147 cm³/mol. The SMILES string of the molecule is Cc1ccc(-n2c3cc(=NC4CCCCC4)c(Nc4cccnc4C)cc-3nc3c2=CCCC=3)cc1. The Balaban J connectivity index is 1.63. The summed E-state index contributed by atoms with van der Waals surface area (Å²) in [5.74, 6) is 0. The van der Waals surface area contributed by atoms with Crippen molar-refractivity contribution in [3.8, 4) is 17.1 Å². The molecule has 6 rings (SSSR count). The van der Waals surface area contributed by atoms with Gasteiger partial charge in [-0.25, -0.2) is 4.98 Å². The highest BCUT2D eigenvalue weighted by Gasteiger charge is 2.18. The Labute approximate surface area is 212 Å². The molecule has 5 heteroatoms. The Morgan fingerprint density at radius 3 is 2.53 bits per heavy atom. The summed E-state index contributed by atoms with van der Waals surface area (Å²) in [6.45, 7) is 4.17. The van der Waals surface area contributed by atoms with Gasteiger partial charge < -0.3 is 9.88 Å². The molecule has 1 saturated carbocycles. The van der Waals surface area contributed by atoms with E-state index in [1.807, 2.05) is 19.2 Å². The summed E-state index contributed by atoms with van der Waals surface area (Å²) in [5, 5.41) is 6.87. The molecule has 4 aliphatic rings. The lowest BCUT2D eigenvalue weighted by atomic mass is 9.96. The number of hydrogen-bond donors (Lipinski definition) is 1. The van der Waals surface area contributed by atoms with Crippen molar-refractivity contribution >= 4 is 23.5 Å². The molecule has 0 unspecified atom stereocenters. The molecule has 36 heavy (non-hydrogen) atoms. The van der Waals surface area contributed by atoms with Gasteiger partial charge in [-0.15, -0.1) is 0 Å². The van der Waals surface area contributed by atoms with Gasteiger partial charge in [-0.3, -0.25) is 9.98 Å². The summed E-state index contributed by atoms with van der Waals surface area (Å²) >= 11 is 0. The van der Waals surface area contributed by atoms with Crippen LogP contribution in [0.5, 0.6) is 0 Å². The van der Waals surface area contributed by atoms with E-state index in [1.54, 1.807) is 0 Å². The number of anilines is 2. The first-order chi connectivity index (χ1) is 17.7. The normalized spacial score (nSPS) is 16.3. The van der Waals surface area contributed by atoms with Crippen molar-refractivity contribution in [2.45, 2.75) is 64.8 Å². The molecule has 1 aromatic carbocycles. The lowest BCUT2D eigenvalue weighted by Gasteiger charge is -2.22. The molecule has 182 valence electrons.